The maximum Gasteiger partial charge on any atom is 0.268 e. The molecular formula is C24H25N5O4S. The molecule has 0 radical (unpaired) electrons. The first kappa shape index (κ1) is 23.5. The van der Waals surface area contributed by atoms with E-state index >= 15 is 0 Å². The average molecular weight is 480 g/mol. The molecule has 0 aliphatic rings. The molecule has 4 rings (SSSR count). The molecule has 2 N–H and O–H groups in total. The molecule has 0 aliphatic heterocycles. The van der Waals surface area contributed by atoms with Crippen LogP contribution in [0.3, 0.4) is 0 Å². The number of nitrogens with zero attached hydrogens (tertiary/aromatic N) is 4. The Labute approximate surface area is 197 Å². The number of aromatic hydroxyl groups is 1. The highest BCUT2D eigenvalue weighted by Gasteiger charge is 2.20. The van der Waals surface area contributed by atoms with Crippen molar-refractivity contribution in [2.24, 2.45) is 0 Å². The maximum atomic E-state index is 12.4. The minimum atomic E-state index is -3.36. The van der Waals surface area contributed by atoms with E-state index in [0.29, 0.717) is 34.8 Å². The van der Waals surface area contributed by atoms with Crippen LogP contribution in [-0.4, -0.2) is 46.0 Å². The van der Waals surface area contributed by atoms with Crippen LogP contribution in [0, 0.1) is 6.92 Å². The predicted molar refractivity (Wildman–Crippen MR) is 128 cm³/mol. The van der Waals surface area contributed by atoms with Crippen LogP contribution in [0.1, 0.15) is 25.1 Å². The number of aryl methyl sites for hydroxylation is 1. The minimum absolute atomic E-state index is 0.132. The Morgan fingerprint density at radius 1 is 1.03 bits per heavy atom. The van der Waals surface area contributed by atoms with E-state index in [2.05, 4.69) is 25.5 Å². The Morgan fingerprint density at radius 3 is 2.35 bits per heavy atom. The molecule has 0 saturated carbocycles. The van der Waals surface area contributed by atoms with E-state index in [-0.39, 0.29) is 22.4 Å². The first-order valence-corrected chi connectivity index (χ1v) is 12.2. The zero-order valence-corrected chi connectivity index (χ0v) is 20.1. The van der Waals surface area contributed by atoms with E-state index in [1.807, 2.05) is 0 Å². The second kappa shape index (κ2) is 9.32. The lowest BCUT2D eigenvalue weighted by Gasteiger charge is -2.09. The Balaban J connectivity index is 1.65. The van der Waals surface area contributed by atoms with Crippen molar-refractivity contribution in [2.75, 3.05) is 7.05 Å². The Morgan fingerprint density at radius 2 is 1.71 bits per heavy atom. The third-order valence-corrected chi connectivity index (χ3v) is 7.55. The number of phenols is 1. The lowest BCUT2D eigenvalue weighted by molar-refractivity contribution is 0.466. The molecule has 0 unspecified atom stereocenters. The summed E-state index contributed by atoms with van der Waals surface area (Å²) < 4.78 is 30.6. The molecule has 0 atom stereocenters. The first-order chi connectivity index (χ1) is 16.2. The Bertz CT molecular complexity index is 1430. The van der Waals surface area contributed by atoms with Crippen molar-refractivity contribution in [1.29, 1.82) is 0 Å². The molecule has 0 amide bonds. The molecule has 0 bridgehead atoms. The van der Waals surface area contributed by atoms with Crippen molar-refractivity contribution in [3.63, 3.8) is 0 Å². The second-order valence-corrected chi connectivity index (χ2v) is 10.6. The predicted octanol–water partition coefficient (Wildman–Crippen LogP) is 3.78. The summed E-state index contributed by atoms with van der Waals surface area (Å²) in [6.07, 6.45) is 1.61. The third-order valence-electron chi connectivity index (χ3n) is 5.38. The molecule has 2 heterocycles. The monoisotopic (exact) mass is 479 g/mol. The van der Waals surface area contributed by atoms with Crippen molar-refractivity contribution in [2.45, 2.75) is 37.5 Å². The SMILES string of the molecule is CNCc1ccc(-c2nnc(-c3nc(-c4ccc(S(=O)(=O)C(C)C)cc4)cnc3C)o2)cc1O. The second-order valence-electron chi connectivity index (χ2n) is 8.09. The summed E-state index contributed by atoms with van der Waals surface area (Å²) in [6, 6.07) is 11.7. The molecule has 34 heavy (non-hydrogen) atoms. The van der Waals surface area contributed by atoms with Crippen molar-refractivity contribution in [3.8, 4) is 40.0 Å². The molecule has 0 fully saturated rings. The molecule has 0 saturated heterocycles. The molecular weight excluding hydrogens is 454 g/mol. The number of phenolic OH excluding ortho intramolecular Hbond substituents is 1. The highest BCUT2D eigenvalue weighted by atomic mass is 32.2. The third kappa shape index (κ3) is 4.55. The average Bonchev–Trinajstić information content (AvgIpc) is 3.31. The molecule has 0 spiro atoms. The number of rotatable bonds is 7. The van der Waals surface area contributed by atoms with Crippen LogP contribution in [-0.2, 0) is 16.4 Å². The van der Waals surface area contributed by atoms with Crippen LogP contribution in [0.5, 0.6) is 5.75 Å². The summed E-state index contributed by atoms with van der Waals surface area (Å²) in [5, 5.41) is 20.9. The van der Waals surface area contributed by atoms with E-state index in [9.17, 15) is 13.5 Å². The number of aromatic nitrogens is 4. The highest BCUT2D eigenvalue weighted by Crippen LogP contribution is 2.30. The van der Waals surface area contributed by atoms with Gasteiger partial charge in [0.2, 0.25) is 5.89 Å². The molecule has 0 aliphatic carbocycles. The number of sulfone groups is 1. The van der Waals surface area contributed by atoms with Gasteiger partial charge in [-0.3, -0.25) is 4.98 Å². The standard InChI is InChI=1S/C24H25N5O4S/c1-14(2)34(31,32)19-9-7-16(8-10-19)20-13-26-15(3)22(27-20)24-29-28-23(33-24)17-5-6-18(12-25-4)21(30)11-17/h5-11,13-14,25,30H,12H2,1-4H3. The van der Waals surface area contributed by atoms with Crippen LogP contribution in [0.2, 0.25) is 0 Å². The number of hydrogen-bond donors (Lipinski definition) is 2. The summed E-state index contributed by atoms with van der Waals surface area (Å²) in [5.41, 5.74) is 3.62. The summed E-state index contributed by atoms with van der Waals surface area (Å²) in [7, 11) is -1.55. The molecule has 176 valence electrons. The van der Waals surface area contributed by atoms with Gasteiger partial charge in [0.05, 0.1) is 27.7 Å². The lowest BCUT2D eigenvalue weighted by atomic mass is 10.1. The maximum absolute atomic E-state index is 12.4. The Kier molecular flexibility index (Phi) is 6.45. The van der Waals surface area contributed by atoms with Gasteiger partial charge < -0.3 is 14.8 Å². The van der Waals surface area contributed by atoms with Gasteiger partial charge in [0, 0.05) is 23.2 Å². The quantitative estimate of drug-likeness (QED) is 0.406. The van der Waals surface area contributed by atoms with Gasteiger partial charge in [0.25, 0.3) is 5.89 Å². The van der Waals surface area contributed by atoms with Crippen molar-refractivity contribution in [1.82, 2.24) is 25.5 Å². The molecule has 2 aromatic carbocycles. The zero-order valence-electron chi connectivity index (χ0n) is 19.3. The topological polar surface area (TPSA) is 131 Å². The van der Waals surface area contributed by atoms with Crippen molar-refractivity contribution in [3.05, 3.63) is 59.9 Å². The summed E-state index contributed by atoms with van der Waals surface area (Å²) in [6.45, 7) is 5.62. The van der Waals surface area contributed by atoms with E-state index in [1.165, 1.54) is 0 Å². The van der Waals surface area contributed by atoms with Crippen molar-refractivity contribution >= 4 is 9.84 Å². The van der Waals surface area contributed by atoms with Crippen LogP contribution < -0.4 is 5.32 Å². The van der Waals surface area contributed by atoms with E-state index < -0.39 is 15.1 Å². The Hall–Kier alpha value is -3.63. The summed E-state index contributed by atoms with van der Waals surface area (Å²) in [4.78, 5) is 9.30. The van der Waals surface area contributed by atoms with E-state index in [1.54, 1.807) is 76.5 Å². The number of nitrogens with one attached hydrogen (secondary N) is 1. The van der Waals surface area contributed by atoms with Gasteiger partial charge in [-0.1, -0.05) is 18.2 Å². The fourth-order valence-electron chi connectivity index (χ4n) is 3.35. The number of hydrogen-bond acceptors (Lipinski definition) is 9. The summed E-state index contributed by atoms with van der Waals surface area (Å²) in [5.74, 6) is 0.573. The fraction of sp³-hybridized carbons (Fsp3) is 0.250. The van der Waals surface area contributed by atoms with Gasteiger partial charge in [0.1, 0.15) is 11.4 Å². The number of benzene rings is 2. The van der Waals surface area contributed by atoms with Gasteiger partial charge in [-0.05, 0) is 52.1 Å². The van der Waals surface area contributed by atoms with E-state index in [0.717, 1.165) is 5.56 Å². The largest absolute Gasteiger partial charge is 0.508 e. The van der Waals surface area contributed by atoms with Gasteiger partial charge in [-0.15, -0.1) is 10.2 Å². The lowest BCUT2D eigenvalue weighted by Crippen LogP contribution is -2.13. The van der Waals surface area contributed by atoms with Crippen LogP contribution in [0.15, 0.2) is 58.0 Å². The van der Waals surface area contributed by atoms with E-state index in [4.69, 9.17) is 4.42 Å². The van der Waals surface area contributed by atoms with Crippen molar-refractivity contribution < 1.29 is 17.9 Å². The zero-order chi connectivity index (χ0) is 24.5. The van der Waals surface area contributed by atoms with Crippen LogP contribution in [0.25, 0.3) is 34.3 Å². The molecule has 2 aromatic heterocycles. The normalized spacial score (nSPS) is 11.8. The van der Waals surface area contributed by atoms with Gasteiger partial charge in [0.15, 0.2) is 9.84 Å². The van der Waals surface area contributed by atoms with Crippen LogP contribution in [0.4, 0.5) is 0 Å². The smallest absolute Gasteiger partial charge is 0.268 e. The van der Waals surface area contributed by atoms with Crippen LogP contribution >= 0.6 is 0 Å². The summed E-state index contributed by atoms with van der Waals surface area (Å²) >= 11 is 0. The molecule has 9 nitrogen and oxygen atoms in total. The van der Waals surface area contributed by atoms with Gasteiger partial charge >= 0.3 is 0 Å². The minimum Gasteiger partial charge on any atom is -0.508 e. The highest BCUT2D eigenvalue weighted by molar-refractivity contribution is 7.92. The fourth-order valence-corrected chi connectivity index (χ4v) is 4.41. The molecule has 4 aromatic rings. The molecule has 10 heteroatoms. The first-order valence-electron chi connectivity index (χ1n) is 10.7. The van der Waals surface area contributed by atoms with Gasteiger partial charge in [-0.2, -0.15) is 0 Å². The van der Waals surface area contributed by atoms with Gasteiger partial charge in [-0.25, -0.2) is 13.4 Å².